The number of unbranched alkanes of at least 4 members (excludes halogenated alkanes) is 2. The molecule has 14 nitrogen and oxygen atoms in total. The standard InChI is InChI=1S/C29H36N4O10S/c1-29(2,3)21-12-14-24(15-13-21)44(37,38)32-27-26(43-23-10-8-9-22(19-23)39-4)28(31-20-30-27)41-18-17-40-25(34)11-6-5-7-16-42-33(35)36/h8-10,12-15,19-20H,5-7,11,16-18H2,1-4H3,(H,30,31,32). The molecule has 3 aromatic rings. The molecule has 0 aliphatic carbocycles. The Morgan fingerprint density at radius 3 is 2.39 bits per heavy atom. The van der Waals surface area contributed by atoms with E-state index in [0.29, 0.717) is 30.8 Å². The first-order valence-corrected chi connectivity index (χ1v) is 15.2. The van der Waals surface area contributed by atoms with E-state index in [1.807, 2.05) is 20.8 Å². The highest BCUT2D eigenvalue weighted by atomic mass is 32.2. The molecule has 0 spiro atoms. The number of carbonyl (C=O) groups excluding carboxylic acids is 1. The zero-order chi connectivity index (χ0) is 32.2. The van der Waals surface area contributed by atoms with Gasteiger partial charge in [0.05, 0.1) is 18.6 Å². The van der Waals surface area contributed by atoms with E-state index >= 15 is 0 Å². The molecule has 0 saturated heterocycles. The summed E-state index contributed by atoms with van der Waals surface area (Å²) in [4.78, 5) is 34.6. The van der Waals surface area contributed by atoms with Crippen LogP contribution in [0.3, 0.4) is 0 Å². The molecule has 1 N–H and O–H groups in total. The van der Waals surface area contributed by atoms with Gasteiger partial charge in [-0.3, -0.25) is 9.52 Å². The number of nitrogens with one attached hydrogen (secondary N) is 1. The van der Waals surface area contributed by atoms with Crippen molar-refractivity contribution in [1.29, 1.82) is 0 Å². The second-order valence-electron chi connectivity index (χ2n) is 10.5. The fourth-order valence-corrected chi connectivity index (χ4v) is 4.79. The Kier molecular flexibility index (Phi) is 12.1. The summed E-state index contributed by atoms with van der Waals surface area (Å²) in [6, 6.07) is 13.2. The zero-order valence-corrected chi connectivity index (χ0v) is 25.8. The van der Waals surface area contributed by atoms with E-state index in [4.69, 9.17) is 18.9 Å². The normalized spacial score (nSPS) is 11.4. The summed E-state index contributed by atoms with van der Waals surface area (Å²) < 4.78 is 51.2. The highest BCUT2D eigenvalue weighted by molar-refractivity contribution is 7.92. The number of anilines is 1. The Hall–Kier alpha value is -4.66. The van der Waals surface area contributed by atoms with Crippen molar-refractivity contribution in [1.82, 2.24) is 9.97 Å². The smallest absolute Gasteiger partial charge is 0.305 e. The molecule has 0 unspecified atom stereocenters. The van der Waals surface area contributed by atoms with E-state index in [0.717, 1.165) is 11.9 Å². The topological polar surface area (TPSA) is 178 Å². The van der Waals surface area contributed by atoms with Crippen molar-refractivity contribution in [3.05, 3.63) is 70.5 Å². The van der Waals surface area contributed by atoms with Crippen molar-refractivity contribution < 1.29 is 42.1 Å². The van der Waals surface area contributed by atoms with E-state index in [2.05, 4.69) is 19.5 Å². The van der Waals surface area contributed by atoms with Gasteiger partial charge in [-0.05, 0) is 48.1 Å². The molecule has 0 aliphatic rings. The van der Waals surface area contributed by atoms with Gasteiger partial charge < -0.3 is 23.8 Å². The van der Waals surface area contributed by atoms with E-state index in [1.54, 1.807) is 36.4 Å². The minimum atomic E-state index is -4.09. The molecule has 1 aromatic heterocycles. The van der Waals surface area contributed by atoms with Gasteiger partial charge in [-0.1, -0.05) is 45.4 Å². The molecular formula is C29H36N4O10S. The molecule has 0 radical (unpaired) electrons. The minimum absolute atomic E-state index is 0.0242. The van der Waals surface area contributed by atoms with Gasteiger partial charge in [0.2, 0.25) is 5.75 Å². The van der Waals surface area contributed by atoms with Crippen LogP contribution in [0.15, 0.2) is 59.8 Å². The first kappa shape index (κ1) is 33.8. The largest absolute Gasteiger partial charge is 0.497 e. The molecule has 1 heterocycles. The number of rotatable bonds is 17. The molecule has 0 aliphatic heterocycles. The van der Waals surface area contributed by atoms with Crippen LogP contribution in [-0.4, -0.2) is 56.4 Å². The van der Waals surface area contributed by atoms with Crippen molar-refractivity contribution in [3.8, 4) is 23.1 Å². The predicted octanol–water partition coefficient (Wildman–Crippen LogP) is 5.07. The van der Waals surface area contributed by atoms with Gasteiger partial charge in [0, 0.05) is 12.5 Å². The molecule has 15 heteroatoms. The lowest BCUT2D eigenvalue weighted by atomic mass is 9.87. The van der Waals surface area contributed by atoms with Crippen LogP contribution in [0.4, 0.5) is 5.82 Å². The maximum Gasteiger partial charge on any atom is 0.305 e. The summed E-state index contributed by atoms with van der Waals surface area (Å²) in [5.41, 5.74) is 0.816. The first-order chi connectivity index (χ1) is 20.9. The lowest BCUT2D eigenvalue weighted by molar-refractivity contribution is -0.757. The third-order valence-electron chi connectivity index (χ3n) is 6.10. The number of esters is 1. The third-order valence-corrected chi connectivity index (χ3v) is 7.46. The summed E-state index contributed by atoms with van der Waals surface area (Å²) in [6.07, 6.45) is 2.72. The number of ether oxygens (including phenoxy) is 4. The van der Waals surface area contributed by atoms with E-state index in [1.165, 1.54) is 19.2 Å². The Balaban J connectivity index is 1.71. The average Bonchev–Trinajstić information content (AvgIpc) is 2.98. The van der Waals surface area contributed by atoms with Crippen LogP contribution in [-0.2, 0) is 29.8 Å². The Labute approximate surface area is 255 Å². The molecule has 0 atom stereocenters. The molecule has 0 amide bonds. The number of sulfonamides is 1. The zero-order valence-electron chi connectivity index (χ0n) is 25.0. The molecule has 238 valence electrons. The van der Waals surface area contributed by atoms with Gasteiger partial charge >= 0.3 is 5.97 Å². The Morgan fingerprint density at radius 1 is 0.977 bits per heavy atom. The molecular weight excluding hydrogens is 596 g/mol. The summed E-state index contributed by atoms with van der Waals surface area (Å²) in [5.74, 6) is -0.0421. The number of aromatic nitrogens is 2. The minimum Gasteiger partial charge on any atom is -0.497 e. The van der Waals surface area contributed by atoms with Gasteiger partial charge in [-0.2, -0.15) is 4.98 Å². The number of hydrogen-bond acceptors (Lipinski definition) is 12. The SMILES string of the molecule is COc1cccc(Oc2c(NS(=O)(=O)c3ccc(C(C)(C)C)cc3)ncnc2OCCOC(=O)CCCCCO[N+](=O)[O-])c1. The van der Waals surface area contributed by atoms with Gasteiger partial charge in [0.25, 0.3) is 21.0 Å². The number of methoxy groups -OCH3 is 1. The lowest BCUT2D eigenvalue weighted by Crippen LogP contribution is -2.17. The maximum absolute atomic E-state index is 13.3. The predicted molar refractivity (Wildman–Crippen MR) is 159 cm³/mol. The molecule has 0 fully saturated rings. The van der Waals surface area contributed by atoms with Crippen LogP contribution in [0, 0.1) is 10.1 Å². The first-order valence-electron chi connectivity index (χ1n) is 13.7. The van der Waals surface area contributed by atoms with Crippen LogP contribution in [0.25, 0.3) is 0 Å². The number of hydrogen-bond donors (Lipinski definition) is 1. The molecule has 2 aromatic carbocycles. The summed E-state index contributed by atoms with van der Waals surface area (Å²) in [5, 5.41) is 9.29. The van der Waals surface area contributed by atoms with Gasteiger partial charge in [0.1, 0.15) is 31.0 Å². The lowest BCUT2D eigenvalue weighted by Gasteiger charge is -2.19. The van der Waals surface area contributed by atoms with Crippen LogP contribution < -0.4 is 18.9 Å². The fourth-order valence-electron chi connectivity index (χ4n) is 3.78. The van der Waals surface area contributed by atoms with Gasteiger partial charge in [-0.15, -0.1) is 10.1 Å². The van der Waals surface area contributed by atoms with E-state index < -0.39 is 21.1 Å². The monoisotopic (exact) mass is 632 g/mol. The van der Waals surface area contributed by atoms with E-state index in [9.17, 15) is 23.3 Å². The molecule has 3 rings (SSSR count). The summed E-state index contributed by atoms with van der Waals surface area (Å²) in [7, 11) is -2.59. The summed E-state index contributed by atoms with van der Waals surface area (Å²) >= 11 is 0. The molecule has 0 saturated carbocycles. The quantitative estimate of drug-likeness (QED) is 0.0906. The van der Waals surface area contributed by atoms with Gasteiger partial charge in [0.15, 0.2) is 5.82 Å². The molecule has 44 heavy (non-hydrogen) atoms. The van der Waals surface area contributed by atoms with Crippen LogP contribution >= 0.6 is 0 Å². The second kappa shape index (κ2) is 15.7. The van der Waals surface area contributed by atoms with Crippen molar-refractivity contribution in [2.75, 3.05) is 31.7 Å². The fraction of sp³-hybridized carbons (Fsp3) is 0.414. The van der Waals surface area contributed by atoms with Crippen LogP contribution in [0.2, 0.25) is 0 Å². The third kappa shape index (κ3) is 10.6. The number of nitrogens with zero attached hydrogens (tertiary/aromatic N) is 3. The Bertz CT molecular complexity index is 1510. The van der Waals surface area contributed by atoms with Crippen molar-refractivity contribution in [3.63, 3.8) is 0 Å². The Morgan fingerprint density at radius 2 is 1.70 bits per heavy atom. The van der Waals surface area contributed by atoms with Crippen molar-refractivity contribution in [2.45, 2.75) is 56.8 Å². The van der Waals surface area contributed by atoms with Crippen molar-refractivity contribution >= 4 is 21.8 Å². The number of carbonyl (C=O) groups is 1. The second-order valence-corrected chi connectivity index (χ2v) is 12.1. The average molecular weight is 633 g/mol. The van der Waals surface area contributed by atoms with Crippen LogP contribution in [0.5, 0.6) is 23.1 Å². The van der Waals surface area contributed by atoms with Crippen LogP contribution in [0.1, 0.15) is 52.0 Å². The molecule has 0 bridgehead atoms. The number of benzene rings is 2. The summed E-state index contributed by atoms with van der Waals surface area (Å²) in [6.45, 7) is 5.82. The maximum atomic E-state index is 13.3. The van der Waals surface area contributed by atoms with Gasteiger partial charge in [-0.25, -0.2) is 13.4 Å². The van der Waals surface area contributed by atoms with Crippen molar-refractivity contribution in [2.24, 2.45) is 0 Å². The van der Waals surface area contributed by atoms with E-state index in [-0.39, 0.29) is 54.0 Å². The highest BCUT2D eigenvalue weighted by Gasteiger charge is 2.23. The highest BCUT2D eigenvalue weighted by Crippen LogP contribution is 2.37.